The summed E-state index contributed by atoms with van der Waals surface area (Å²) in [7, 11) is 4.31. The average Bonchev–Trinajstić information content (AvgIpc) is 2.18. The molecular formula is C13H22N4. The minimum atomic E-state index is 0.315. The molecule has 0 unspecified atom stereocenters. The van der Waals surface area contributed by atoms with Gasteiger partial charge in [0.05, 0.1) is 11.9 Å². The standard InChI is InChI=1S/C13H22N4/c1-10-7-11(14)8-15-12(10)16-9-13(17(2)3)5-4-6-13/h7-8H,4-6,9,14H2,1-3H3,(H,15,16). The maximum atomic E-state index is 5.70. The largest absolute Gasteiger partial charge is 0.397 e. The average molecular weight is 234 g/mol. The van der Waals surface area contributed by atoms with Gasteiger partial charge in [0.2, 0.25) is 0 Å². The van der Waals surface area contributed by atoms with E-state index in [1.165, 1.54) is 19.3 Å². The van der Waals surface area contributed by atoms with E-state index in [0.717, 1.165) is 23.6 Å². The van der Waals surface area contributed by atoms with Gasteiger partial charge in [-0.3, -0.25) is 0 Å². The van der Waals surface area contributed by atoms with Crippen molar-refractivity contribution < 1.29 is 0 Å². The highest BCUT2D eigenvalue weighted by molar-refractivity contribution is 5.51. The summed E-state index contributed by atoms with van der Waals surface area (Å²) in [6, 6.07) is 1.96. The Morgan fingerprint density at radius 2 is 2.18 bits per heavy atom. The Bertz CT molecular complexity index is 396. The number of nitrogens with zero attached hydrogens (tertiary/aromatic N) is 2. The molecule has 17 heavy (non-hydrogen) atoms. The van der Waals surface area contributed by atoms with E-state index in [-0.39, 0.29) is 0 Å². The van der Waals surface area contributed by atoms with Crippen molar-refractivity contribution >= 4 is 11.5 Å². The van der Waals surface area contributed by atoms with Crippen LogP contribution in [-0.2, 0) is 0 Å². The Balaban J connectivity index is 2.02. The first-order valence-electron chi connectivity index (χ1n) is 6.17. The molecule has 4 nitrogen and oxygen atoms in total. The fourth-order valence-electron chi connectivity index (χ4n) is 2.40. The Hall–Kier alpha value is -1.29. The minimum Gasteiger partial charge on any atom is -0.397 e. The second-order valence-electron chi connectivity index (χ2n) is 5.26. The van der Waals surface area contributed by atoms with Gasteiger partial charge in [-0.1, -0.05) is 0 Å². The first kappa shape index (κ1) is 12.2. The van der Waals surface area contributed by atoms with E-state index >= 15 is 0 Å². The zero-order valence-electron chi connectivity index (χ0n) is 11.0. The summed E-state index contributed by atoms with van der Waals surface area (Å²) in [6.45, 7) is 2.99. The number of likely N-dealkylation sites (N-methyl/N-ethyl adjacent to an activating group) is 1. The van der Waals surface area contributed by atoms with Crippen LogP contribution in [0.25, 0.3) is 0 Å². The molecule has 1 heterocycles. The van der Waals surface area contributed by atoms with Gasteiger partial charge >= 0.3 is 0 Å². The molecule has 1 aromatic heterocycles. The molecule has 94 valence electrons. The number of nitrogen functional groups attached to an aromatic ring is 1. The van der Waals surface area contributed by atoms with Crippen molar-refractivity contribution in [1.82, 2.24) is 9.88 Å². The monoisotopic (exact) mass is 234 g/mol. The third kappa shape index (κ3) is 2.36. The van der Waals surface area contributed by atoms with Crippen LogP contribution in [0.5, 0.6) is 0 Å². The highest BCUT2D eigenvalue weighted by Gasteiger charge is 2.38. The van der Waals surface area contributed by atoms with Gasteiger partial charge in [-0.05, 0) is 51.9 Å². The van der Waals surface area contributed by atoms with Gasteiger partial charge in [0, 0.05) is 12.1 Å². The molecule has 1 fully saturated rings. The molecule has 0 aromatic carbocycles. The van der Waals surface area contributed by atoms with Crippen molar-refractivity contribution in [3.05, 3.63) is 17.8 Å². The van der Waals surface area contributed by atoms with Crippen LogP contribution in [0.3, 0.4) is 0 Å². The molecule has 2 rings (SSSR count). The van der Waals surface area contributed by atoms with Gasteiger partial charge in [-0.25, -0.2) is 4.98 Å². The summed E-state index contributed by atoms with van der Waals surface area (Å²) in [5.74, 6) is 0.951. The van der Waals surface area contributed by atoms with Crippen molar-refractivity contribution in [2.24, 2.45) is 0 Å². The molecule has 0 spiro atoms. The SMILES string of the molecule is Cc1cc(N)cnc1NCC1(N(C)C)CCC1. The summed E-state index contributed by atoms with van der Waals surface area (Å²) in [5, 5.41) is 3.46. The highest BCUT2D eigenvalue weighted by atomic mass is 15.2. The van der Waals surface area contributed by atoms with Gasteiger partial charge in [0.25, 0.3) is 0 Å². The van der Waals surface area contributed by atoms with Gasteiger partial charge < -0.3 is 16.0 Å². The quantitative estimate of drug-likeness (QED) is 0.835. The number of anilines is 2. The van der Waals surface area contributed by atoms with Crippen LogP contribution in [-0.4, -0.2) is 36.1 Å². The van der Waals surface area contributed by atoms with Crippen LogP contribution in [0.4, 0.5) is 11.5 Å². The van der Waals surface area contributed by atoms with Crippen LogP contribution >= 0.6 is 0 Å². The first-order valence-corrected chi connectivity index (χ1v) is 6.17. The molecule has 0 atom stereocenters. The van der Waals surface area contributed by atoms with Gasteiger partial charge in [0.15, 0.2) is 0 Å². The molecule has 4 heteroatoms. The lowest BCUT2D eigenvalue weighted by molar-refractivity contribution is 0.0738. The van der Waals surface area contributed by atoms with E-state index in [1.807, 2.05) is 13.0 Å². The van der Waals surface area contributed by atoms with Crippen molar-refractivity contribution in [2.75, 3.05) is 31.7 Å². The smallest absolute Gasteiger partial charge is 0.129 e. The van der Waals surface area contributed by atoms with Crippen LogP contribution in [0.2, 0.25) is 0 Å². The van der Waals surface area contributed by atoms with Crippen molar-refractivity contribution in [1.29, 1.82) is 0 Å². The molecule has 0 saturated heterocycles. The summed E-state index contributed by atoms with van der Waals surface area (Å²) in [5.41, 5.74) is 7.84. The Kier molecular flexibility index (Phi) is 3.24. The fraction of sp³-hybridized carbons (Fsp3) is 0.615. The number of aromatic nitrogens is 1. The Morgan fingerprint density at radius 3 is 2.65 bits per heavy atom. The number of nitrogens with two attached hydrogens (primary N) is 1. The van der Waals surface area contributed by atoms with Gasteiger partial charge in [-0.15, -0.1) is 0 Å². The highest BCUT2D eigenvalue weighted by Crippen LogP contribution is 2.36. The maximum absolute atomic E-state index is 5.70. The second-order valence-corrected chi connectivity index (χ2v) is 5.26. The van der Waals surface area contributed by atoms with E-state index in [0.29, 0.717) is 5.54 Å². The Morgan fingerprint density at radius 1 is 1.47 bits per heavy atom. The molecule has 1 aromatic rings. The van der Waals surface area contributed by atoms with E-state index < -0.39 is 0 Å². The summed E-state index contributed by atoms with van der Waals surface area (Å²) in [4.78, 5) is 6.67. The lowest BCUT2D eigenvalue weighted by Crippen LogP contribution is -2.54. The van der Waals surface area contributed by atoms with Crippen LogP contribution in [0, 0.1) is 6.92 Å². The van der Waals surface area contributed by atoms with Crippen LogP contribution in [0.1, 0.15) is 24.8 Å². The number of pyridine rings is 1. The first-order chi connectivity index (χ1) is 8.03. The summed E-state index contributed by atoms with van der Waals surface area (Å²) < 4.78 is 0. The van der Waals surface area contributed by atoms with E-state index in [1.54, 1.807) is 6.20 Å². The molecule has 0 amide bonds. The van der Waals surface area contributed by atoms with Crippen molar-refractivity contribution in [3.63, 3.8) is 0 Å². The fourth-order valence-corrected chi connectivity index (χ4v) is 2.40. The van der Waals surface area contributed by atoms with Crippen molar-refractivity contribution in [3.8, 4) is 0 Å². The molecule has 0 bridgehead atoms. The number of hydrogen-bond acceptors (Lipinski definition) is 4. The molecule has 1 saturated carbocycles. The van der Waals surface area contributed by atoms with Crippen LogP contribution in [0.15, 0.2) is 12.3 Å². The molecule has 0 radical (unpaired) electrons. The number of nitrogens with one attached hydrogen (secondary N) is 1. The number of aryl methyl sites for hydroxylation is 1. The van der Waals surface area contributed by atoms with E-state index in [2.05, 4.69) is 29.3 Å². The summed E-state index contributed by atoms with van der Waals surface area (Å²) in [6.07, 6.45) is 5.56. The molecule has 1 aliphatic carbocycles. The van der Waals surface area contributed by atoms with E-state index in [4.69, 9.17) is 5.73 Å². The van der Waals surface area contributed by atoms with Gasteiger partial charge in [0.1, 0.15) is 5.82 Å². The number of hydrogen-bond donors (Lipinski definition) is 2. The van der Waals surface area contributed by atoms with Crippen molar-refractivity contribution in [2.45, 2.75) is 31.7 Å². The maximum Gasteiger partial charge on any atom is 0.129 e. The van der Waals surface area contributed by atoms with Crippen LogP contribution < -0.4 is 11.1 Å². The lowest BCUT2D eigenvalue weighted by atomic mass is 9.75. The third-order valence-corrected chi connectivity index (χ3v) is 3.92. The molecule has 3 N–H and O–H groups in total. The van der Waals surface area contributed by atoms with Gasteiger partial charge in [-0.2, -0.15) is 0 Å². The zero-order chi connectivity index (χ0) is 12.5. The minimum absolute atomic E-state index is 0.315. The molecular weight excluding hydrogens is 212 g/mol. The Labute approximate surface area is 103 Å². The van der Waals surface area contributed by atoms with E-state index in [9.17, 15) is 0 Å². The molecule has 1 aliphatic rings. The number of rotatable bonds is 4. The molecule has 0 aliphatic heterocycles. The predicted octanol–water partition coefficient (Wildman–Crippen LogP) is 1.87. The normalized spacial score (nSPS) is 17.9. The zero-order valence-corrected chi connectivity index (χ0v) is 11.0. The second kappa shape index (κ2) is 4.53. The predicted molar refractivity (Wildman–Crippen MR) is 72.1 cm³/mol. The third-order valence-electron chi connectivity index (χ3n) is 3.92. The lowest BCUT2D eigenvalue weighted by Gasteiger charge is -2.47. The topological polar surface area (TPSA) is 54.2 Å². The summed E-state index contributed by atoms with van der Waals surface area (Å²) >= 11 is 0.